The Morgan fingerprint density at radius 3 is 2.71 bits per heavy atom. The summed E-state index contributed by atoms with van der Waals surface area (Å²) < 4.78 is 0. The van der Waals surface area contributed by atoms with E-state index in [1.165, 1.54) is 17.8 Å². The van der Waals surface area contributed by atoms with E-state index >= 15 is 0 Å². The van der Waals surface area contributed by atoms with Crippen LogP contribution in [-0.4, -0.2) is 27.6 Å². The van der Waals surface area contributed by atoms with Crippen molar-refractivity contribution >= 4 is 28.2 Å². The molecule has 0 aliphatic rings. The molecule has 130 valence electrons. The Balaban J connectivity index is 1.78. The zero-order chi connectivity index (χ0) is 17.6. The summed E-state index contributed by atoms with van der Waals surface area (Å²) in [7, 11) is 0. The fraction of sp³-hybridized carbons (Fsp3) is 0.529. The van der Waals surface area contributed by atoms with Crippen LogP contribution in [-0.2, 0) is 0 Å². The summed E-state index contributed by atoms with van der Waals surface area (Å²) >= 11 is 1.28. The van der Waals surface area contributed by atoms with Crippen LogP contribution in [0.5, 0.6) is 0 Å². The van der Waals surface area contributed by atoms with Gasteiger partial charge in [-0.2, -0.15) is 0 Å². The maximum Gasteiger partial charge on any atom is 0.259 e. The van der Waals surface area contributed by atoms with Crippen molar-refractivity contribution in [3.05, 3.63) is 29.4 Å². The minimum Gasteiger partial charge on any atom is -0.370 e. The number of amides is 1. The van der Waals surface area contributed by atoms with Gasteiger partial charge in [0.1, 0.15) is 11.3 Å². The number of hydrogen-bond donors (Lipinski definition) is 2. The topological polar surface area (TPSA) is 79.8 Å². The van der Waals surface area contributed by atoms with Crippen LogP contribution in [0.3, 0.4) is 0 Å². The lowest BCUT2D eigenvalue weighted by Crippen LogP contribution is -2.15. The molecule has 0 bridgehead atoms. The minimum atomic E-state index is -0.232. The highest BCUT2D eigenvalue weighted by molar-refractivity contribution is 7.13. The van der Waals surface area contributed by atoms with E-state index in [0.717, 1.165) is 18.8 Å². The van der Waals surface area contributed by atoms with Crippen molar-refractivity contribution in [2.45, 2.75) is 40.5 Å². The first-order valence-corrected chi connectivity index (χ1v) is 8.99. The summed E-state index contributed by atoms with van der Waals surface area (Å²) in [5, 5.41) is 13.9. The molecule has 0 aliphatic carbocycles. The van der Waals surface area contributed by atoms with Gasteiger partial charge >= 0.3 is 0 Å². The summed E-state index contributed by atoms with van der Waals surface area (Å²) in [6.07, 6.45) is 3.86. The Morgan fingerprint density at radius 2 is 2.12 bits per heavy atom. The molecule has 2 N–H and O–H groups in total. The Morgan fingerprint density at radius 1 is 1.33 bits per heavy atom. The Labute approximate surface area is 147 Å². The minimum absolute atomic E-state index is 0.232. The number of anilines is 2. The van der Waals surface area contributed by atoms with E-state index in [4.69, 9.17) is 0 Å². The molecular formula is C17H25N5OS. The molecule has 0 aliphatic heterocycles. The van der Waals surface area contributed by atoms with Gasteiger partial charge in [-0.05, 0) is 36.3 Å². The zero-order valence-electron chi connectivity index (χ0n) is 14.7. The fourth-order valence-corrected chi connectivity index (χ4v) is 3.06. The number of hydrogen-bond acceptors (Lipinski definition) is 6. The van der Waals surface area contributed by atoms with Crippen molar-refractivity contribution < 1.29 is 4.79 Å². The molecule has 7 heteroatoms. The third kappa shape index (κ3) is 6.23. The van der Waals surface area contributed by atoms with Crippen LogP contribution in [0.1, 0.15) is 50.9 Å². The molecule has 2 rings (SSSR count). The summed E-state index contributed by atoms with van der Waals surface area (Å²) in [5.41, 5.74) is 2.43. The normalized spacial score (nSPS) is 12.7. The number of aromatic nitrogens is 3. The number of carbonyl (C=O) groups excluding carboxylic acids is 1. The molecule has 2 aromatic rings. The van der Waals surface area contributed by atoms with Gasteiger partial charge in [0.15, 0.2) is 0 Å². The van der Waals surface area contributed by atoms with Crippen molar-refractivity contribution in [3.8, 4) is 0 Å². The molecule has 0 spiro atoms. The van der Waals surface area contributed by atoms with E-state index in [2.05, 4.69) is 53.5 Å². The molecule has 2 aromatic heterocycles. The Kier molecular flexibility index (Phi) is 6.25. The van der Waals surface area contributed by atoms with E-state index < -0.39 is 0 Å². The van der Waals surface area contributed by atoms with Crippen LogP contribution in [0.4, 0.5) is 10.9 Å². The third-order valence-electron chi connectivity index (χ3n) is 3.51. The van der Waals surface area contributed by atoms with Crippen LogP contribution in [0.2, 0.25) is 0 Å². The summed E-state index contributed by atoms with van der Waals surface area (Å²) in [6.45, 7) is 9.96. The highest BCUT2D eigenvalue weighted by Gasteiger charge is 2.15. The third-order valence-corrected chi connectivity index (χ3v) is 4.12. The van der Waals surface area contributed by atoms with Gasteiger partial charge in [0.25, 0.3) is 5.91 Å². The van der Waals surface area contributed by atoms with E-state index in [1.54, 1.807) is 17.8 Å². The monoisotopic (exact) mass is 347 g/mol. The van der Waals surface area contributed by atoms with E-state index in [9.17, 15) is 4.79 Å². The fourth-order valence-electron chi connectivity index (χ4n) is 2.62. The standard InChI is InChI=1S/C17H25N5OS/c1-12(9-17(2,3)4)7-8-18-14-6-5-13(10-19-14)15(23)21-16-22-20-11-24-16/h5-6,10-12H,7-9H2,1-4H3,(H,18,19)(H,21,22,23). The summed E-state index contributed by atoms with van der Waals surface area (Å²) in [5.74, 6) is 1.21. The van der Waals surface area contributed by atoms with Crippen LogP contribution < -0.4 is 10.6 Å². The first-order valence-electron chi connectivity index (χ1n) is 8.11. The number of nitrogens with zero attached hydrogens (tertiary/aromatic N) is 3. The van der Waals surface area contributed by atoms with E-state index in [0.29, 0.717) is 22.0 Å². The van der Waals surface area contributed by atoms with E-state index in [1.807, 2.05) is 6.07 Å². The Hall–Kier alpha value is -2.02. The number of nitrogens with one attached hydrogen (secondary N) is 2. The number of pyridine rings is 1. The highest BCUT2D eigenvalue weighted by atomic mass is 32.1. The second kappa shape index (κ2) is 8.19. The molecule has 1 amide bonds. The molecule has 0 radical (unpaired) electrons. The molecule has 1 unspecified atom stereocenters. The van der Waals surface area contributed by atoms with E-state index in [-0.39, 0.29) is 5.91 Å². The number of rotatable bonds is 7. The van der Waals surface area contributed by atoms with Gasteiger partial charge < -0.3 is 5.32 Å². The second-order valence-electron chi connectivity index (χ2n) is 7.22. The van der Waals surface area contributed by atoms with Crippen LogP contribution in [0, 0.1) is 11.3 Å². The van der Waals surface area contributed by atoms with Crippen molar-refractivity contribution in [3.63, 3.8) is 0 Å². The maximum absolute atomic E-state index is 12.0. The average molecular weight is 347 g/mol. The predicted molar refractivity (Wildman–Crippen MR) is 98.4 cm³/mol. The van der Waals surface area contributed by atoms with Gasteiger partial charge in [0.2, 0.25) is 5.13 Å². The lowest BCUT2D eigenvalue weighted by Gasteiger charge is -2.23. The molecule has 24 heavy (non-hydrogen) atoms. The van der Waals surface area contributed by atoms with Crippen molar-refractivity contribution in [1.82, 2.24) is 15.2 Å². The van der Waals surface area contributed by atoms with Crippen molar-refractivity contribution in [2.75, 3.05) is 17.2 Å². The van der Waals surface area contributed by atoms with Gasteiger partial charge in [-0.3, -0.25) is 10.1 Å². The lowest BCUT2D eigenvalue weighted by molar-refractivity contribution is 0.102. The molecule has 0 aromatic carbocycles. The van der Waals surface area contributed by atoms with Gasteiger partial charge in [-0.15, -0.1) is 10.2 Å². The van der Waals surface area contributed by atoms with Gasteiger partial charge in [-0.1, -0.05) is 39.0 Å². The van der Waals surface area contributed by atoms with Gasteiger partial charge in [0, 0.05) is 12.7 Å². The first-order chi connectivity index (χ1) is 11.3. The van der Waals surface area contributed by atoms with Gasteiger partial charge in [0.05, 0.1) is 5.56 Å². The quantitative estimate of drug-likeness (QED) is 0.789. The second-order valence-corrected chi connectivity index (χ2v) is 8.05. The maximum atomic E-state index is 12.0. The Bertz CT molecular complexity index is 634. The van der Waals surface area contributed by atoms with Crippen LogP contribution >= 0.6 is 11.3 Å². The first kappa shape index (κ1) is 18.3. The lowest BCUT2D eigenvalue weighted by atomic mass is 9.84. The SMILES string of the molecule is CC(CCNc1ccc(C(=O)Nc2nncs2)cn1)CC(C)(C)C. The molecular weight excluding hydrogens is 322 g/mol. The predicted octanol–water partition coefficient (Wildman–Crippen LogP) is 4.06. The smallest absolute Gasteiger partial charge is 0.259 e. The summed E-state index contributed by atoms with van der Waals surface area (Å²) in [4.78, 5) is 16.3. The molecule has 0 fully saturated rings. The molecule has 0 saturated heterocycles. The highest BCUT2D eigenvalue weighted by Crippen LogP contribution is 2.25. The molecule has 6 nitrogen and oxygen atoms in total. The van der Waals surface area contributed by atoms with Crippen LogP contribution in [0.25, 0.3) is 0 Å². The molecule has 1 atom stereocenters. The zero-order valence-corrected chi connectivity index (χ0v) is 15.5. The number of carbonyl (C=O) groups is 1. The molecule has 0 saturated carbocycles. The average Bonchev–Trinajstić information content (AvgIpc) is 2.99. The largest absolute Gasteiger partial charge is 0.370 e. The van der Waals surface area contributed by atoms with Crippen molar-refractivity contribution in [2.24, 2.45) is 11.3 Å². The van der Waals surface area contributed by atoms with Crippen LogP contribution in [0.15, 0.2) is 23.8 Å². The van der Waals surface area contributed by atoms with Crippen molar-refractivity contribution in [1.29, 1.82) is 0 Å². The van der Waals surface area contributed by atoms with Gasteiger partial charge in [-0.25, -0.2) is 4.98 Å². The molecule has 2 heterocycles. The summed E-state index contributed by atoms with van der Waals surface area (Å²) in [6, 6.07) is 3.58.